The molecule has 3 heterocycles. The molecular weight excluding hydrogens is 564 g/mol. The normalized spacial score (nSPS) is 17.0. The Kier molecular flexibility index (Phi) is 9.98. The summed E-state index contributed by atoms with van der Waals surface area (Å²) in [5.41, 5.74) is 8.93. The molecule has 12 heteroatoms. The van der Waals surface area contributed by atoms with Gasteiger partial charge in [-0.25, -0.2) is 10.9 Å². The summed E-state index contributed by atoms with van der Waals surface area (Å²) < 4.78 is 23.4. The maximum Gasteiger partial charge on any atom is 0.271 e. The molecule has 0 saturated carbocycles. The monoisotopic (exact) mass is 594 g/mol. The Balaban J connectivity index is 1.14. The van der Waals surface area contributed by atoms with Gasteiger partial charge >= 0.3 is 0 Å². The van der Waals surface area contributed by atoms with E-state index >= 15 is 0 Å². The van der Waals surface area contributed by atoms with Gasteiger partial charge < -0.3 is 18.9 Å². The molecule has 2 aromatic heterocycles. The molecule has 4 aromatic rings. The third kappa shape index (κ3) is 8.09. The standard InChI is InChI=1S/C32H30N6O6/c1-21(23-11-15-33-16-12-23)35-37-29(39)25-3-7-27(8-4-25)43-31-32(42-20-19-41-31)44-28-9-5-26(6-10-28)30(40)38-36-22(2)24-13-17-34-18-14-24/h3-18,31-32H,19-20H2,1-2H3,(H,37,39)(H,38,40)/b35-21-,36-22-/t31-,32-/m1/s1. The number of amides is 2. The Morgan fingerprint density at radius 3 is 1.34 bits per heavy atom. The molecule has 0 spiro atoms. The van der Waals surface area contributed by atoms with Crippen LogP contribution in [-0.4, -0.2) is 59.0 Å². The molecule has 0 radical (unpaired) electrons. The van der Waals surface area contributed by atoms with E-state index < -0.39 is 12.6 Å². The van der Waals surface area contributed by atoms with Gasteiger partial charge in [0.05, 0.1) is 24.6 Å². The minimum absolute atomic E-state index is 0.318. The van der Waals surface area contributed by atoms with Crippen molar-refractivity contribution in [2.75, 3.05) is 13.2 Å². The summed E-state index contributed by atoms with van der Waals surface area (Å²) in [6.07, 6.45) is 4.89. The lowest BCUT2D eigenvalue weighted by Crippen LogP contribution is -2.45. The van der Waals surface area contributed by atoms with Crippen LogP contribution in [0.4, 0.5) is 0 Å². The number of rotatable bonds is 10. The Morgan fingerprint density at radius 1 is 0.614 bits per heavy atom. The van der Waals surface area contributed by atoms with Crippen molar-refractivity contribution in [1.29, 1.82) is 0 Å². The second-order valence-corrected chi connectivity index (χ2v) is 9.51. The lowest BCUT2D eigenvalue weighted by atomic mass is 10.2. The summed E-state index contributed by atoms with van der Waals surface area (Å²) in [7, 11) is 0. The number of aromatic nitrogens is 2. The van der Waals surface area contributed by atoms with Gasteiger partial charge in [0.1, 0.15) is 11.5 Å². The second kappa shape index (κ2) is 14.6. The zero-order chi connectivity index (χ0) is 30.7. The predicted octanol–water partition coefficient (Wildman–Crippen LogP) is 3.94. The lowest BCUT2D eigenvalue weighted by Gasteiger charge is -2.31. The molecule has 44 heavy (non-hydrogen) atoms. The predicted molar refractivity (Wildman–Crippen MR) is 161 cm³/mol. The van der Waals surface area contributed by atoms with Crippen LogP contribution in [0.1, 0.15) is 45.7 Å². The molecule has 2 atom stereocenters. The molecule has 1 fully saturated rings. The topological polar surface area (TPSA) is 146 Å². The molecule has 12 nitrogen and oxygen atoms in total. The number of pyridine rings is 2. The fourth-order valence-corrected chi connectivity index (χ4v) is 4.02. The highest BCUT2D eigenvalue weighted by Gasteiger charge is 2.31. The number of carbonyl (C=O) groups excluding carboxylic acids is 2. The highest BCUT2D eigenvalue weighted by molar-refractivity contribution is 6.01. The number of hydrogen-bond acceptors (Lipinski definition) is 10. The minimum atomic E-state index is -0.871. The highest BCUT2D eigenvalue weighted by Crippen LogP contribution is 2.22. The first-order valence-electron chi connectivity index (χ1n) is 13.7. The van der Waals surface area contributed by atoms with E-state index in [4.69, 9.17) is 18.9 Å². The van der Waals surface area contributed by atoms with Gasteiger partial charge in [-0.05, 0) is 86.6 Å². The summed E-state index contributed by atoms with van der Waals surface area (Å²) >= 11 is 0. The smallest absolute Gasteiger partial charge is 0.271 e. The van der Waals surface area contributed by atoms with Gasteiger partial charge in [-0.15, -0.1) is 0 Å². The molecule has 2 amide bonds. The molecule has 224 valence electrons. The molecule has 1 aliphatic rings. The van der Waals surface area contributed by atoms with Gasteiger partial charge in [0.25, 0.3) is 24.4 Å². The van der Waals surface area contributed by atoms with Crippen molar-refractivity contribution in [2.45, 2.75) is 26.4 Å². The zero-order valence-corrected chi connectivity index (χ0v) is 24.0. The average molecular weight is 595 g/mol. The van der Waals surface area contributed by atoms with Crippen molar-refractivity contribution in [3.63, 3.8) is 0 Å². The number of hydrogen-bond donors (Lipinski definition) is 2. The van der Waals surface area contributed by atoms with Crippen molar-refractivity contribution in [2.24, 2.45) is 10.2 Å². The molecule has 0 unspecified atom stereocenters. The second-order valence-electron chi connectivity index (χ2n) is 9.51. The Morgan fingerprint density at radius 2 is 0.977 bits per heavy atom. The van der Waals surface area contributed by atoms with E-state index in [0.717, 1.165) is 11.1 Å². The fraction of sp³-hybridized carbons (Fsp3) is 0.188. The van der Waals surface area contributed by atoms with Crippen molar-refractivity contribution in [3.05, 3.63) is 120 Å². The number of ether oxygens (including phenoxy) is 4. The van der Waals surface area contributed by atoms with Gasteiger partial charge in [-0.3, -0.25) is 19.6 Å². The molecule has 0 bridgehead atoms. The maximum atomic E-state index is 12.6. The molecule has 1 saturated heterocycles. The Bertz CT molecular complexity index is 1490. The third-order valence-electron chi connectivity index (χ3n) is 6.45. The van der Waals surface area contributed by atoms with Crippen LogP contribution >= 0.6 is 0 Å². The fourth-order valence-electron chi connectivity index (χ4n) is 4.02. The van der Waals surface area contributed by atoms with Crippen LogP contribution < -0.4 is 20.3 Å². The summed E-state index contributed by atoms with van der Waals surface area (Å²) in [6.45, 7) is 4.23. The summed E-state index contributed by atoms with van der Waals surface area (Å²) in [6, 6.07) is 20.3. The molecule has 0 aliphatic carbocycles. The van der Waals surface area contributed by atoms with Crippen molar-refractivity contribution in [1.82, 2.24) is 20.8 Å². The Labute approximate surface area is 253 Å². The van der Waals surface area contributed by atoms with Crippen molar-refractivity contribution >= 4 is 23.2 Å². The van der Waals surface area contributed by atoms with Gasteiger partial charge in [0, 0.05) is 47.0 Å². The largest absolute Gasteiger partial charge is 0.458 e. The van der Waals surface area contributed by atoms with Crippen LogP contribution in [0, 0.1) is 0 Å². The van der Waals surface area contributed by atoms with Gasteiger partial charge in [-0.1, -0.05) is 0 Å². The number of benzene rings is 2. The van der Waals surface area contributed by atoms with Crippen LogP contribution in [0.5, 0.6) is 11.5 Å². The van der Waals surface area contributed by atoms with E-state index in [1.165, 1.54) is 0 Å². The zero-order valence-electron chi connectivity index (χ0n) is 24.0. The minimum Gasteiger partial charge on any atom is -0.458 e. The Hall–Kier alpha value is -5.46. The van der Waals surface area contributed by atoms with Crippen LogP contribution in [0.15, 0.2) is 108 Å². The molecular formula is C32H30N6O6. The quantitative estimate of drug-likeness (QED) is 0.207. The van der Waals surface area contributed by atoms with Gasteiger partial charge in [-0.2, -0.15) is 10.2 Å². The number of hydrazone groups is 2. The average Bonchev–Trinajstić information content (AvgIpc) is 3.08. The van der Waals surface area contributed by atoms with Gasteiger partial charge in [0.15, 0.2) is 0 Å². The van der Waals surface area contributed by atoms with Crippen LogP contribution in [0.3, 0.4) is 0 Å². The first kappa shape index (κ1) is 30.0. The van der Waals surface area contributed by atoms with Crippen LogP contribution in [0.25, 0.3) is 0 Å². The number of nitrogens with zero attached hydrogens (tertiary/aromatic N) is 4. The number of nitrogens with one attached hydrogen (secondary N) is 2. The molecule has 1 aliphatic heterocycles. The van der Waals surface area contributed by atoms with Crippen LogP contribution in [-0.2, 0) is 9.47 Å². The maximum absolute atomic E-state index is 12.6. The van der Waals surface area contributed by atoms with E-state index in [-0.39, 0.29) is 11.8 Å². The van der Waals surface area contributed by atoms with E-state index in [9.17, 15) is 9.59 Å². The SMILES string of the molecule is C/C(=N/NC(=O)c1ccc(O[C@H]2OCCO[C@@H]2Oc2ccc(C(=O)N/N=C(/C)c3ccncc3)cc2)cc1)c1ccncc1. The third-order valence-corrected chi connectivity index (χ3v) is 6.45. The van der Waals surface area contributed by atoms with Gasteiger partial charge in [0.2, 0.25) is 0 Å². The van der Waals surface area contributed by atoms with E-state index in [1.807, 2.05) is 24.3 Å². The van der Waals surface area contributed by atoms with Crippen LogP contribution in [0.2, 0.25) is 0 Å². The van der Waals surface area contributed by atoms with Crippen molar-refractivity contribution in [3.8, 4) is 11.5 Å². The van der Waals surface area contributed by atoms with Crippen molar-refractivity contribution < 1.29 is 28.5 Å². The molecule has 2 N–H and O–H groups in total. The number of carbonyl (C=O) groups is 2. The van der Waals surface area contributed by atoms with E-state index in [2.05, 4.69) is 31.0 Å². The summed E-state index contributed by atoms with van der Waals surface area (Å²) in [4.78, 5) is 33.1. The van der Waals surface area contributed by atoms with E-state index in [1.54, 1.807) is 87.2 Å². The summed E-state index contributed by atoms with van der Waals surface area (Å²) in [5.74, 6) is 0.181. The summed E-state index contributed by atoms with van der Waals surface area (Å²) in [5, 5.41) is 8.31. The lowest BCUT2D eigenvalue weighted by molar-refractivity contribution is -0.271. The first-order valence-corrected chi connectivity index (χ1v) is 13.7. The highest BCUT2D eigenvalue weighted by atomic mass is 16.8. The van der Waals surface area contributed by atoms with E-state index in [0.29, 0.717) is 47.3 Å². The first-order chi connectivity index (χ1) is 21.5. The molecule has 2 aromatic carbocycles. The molecule has 5 rings (SSSR count).